The van der Waals surface area contributed by atoms with Crippen molar-refractivity contribution in [2.24, 2.45) is 0 Å². The van der Waals surface area contributed by atoms with Crippen LogP contribution in [0.2, 0.25) is 0 Å². The molecule has 9 heteroatoms. The van der Waals surface area contributed by atoms with Crippen molar-refractivity contribution in [1.29, 1.82) is 0 Å². The third-order valence-electron chi connectivity index (χ3n) is 5.47. The summed E-state index contributed by atoms with van der Waals surface area (Å²) >= 11 is 0. The number of amides is 2. The zero-order valence-electron chi connectivity index (χ0n) is 19.9. The van der Waals surface area contributed by atoms with E-state index >= 15 is 0 Å². The second-order valence-corrected chi connectivity index (χ2v) is 8.42. The number of hydrogen-bond acceptors (Lipinski definition) is 5. The summed E-state index contributed by atoms with van der Waals surface area (Å²) < 4.78 is 0. The molecule has 0 bridgehead atoms. The van der Waals surface area contributed by atoms with Gasteiger partial charge in [0.05, 0.1) is 0 Å². The van der Waals surface area contributed by atoms with E-state index in [2.05, 4.69) is 17.6 Å². The number of nitrogens with one attached hydrogen (secondary N) is 2. The molecule has 0 heterocycles. The van der Waals surface area contributed by atoms with Crippen LogP contribution in [0.5, 0.6) is 0 Å². The number of rotatable bonds is 22. The van der Waals surface area contributed by atoms with E-state index in [1.165, 1.54) is 44.9 Å². The van der Waals surface area contributed by atoms with Gasteiger partial charge >= 0.3 is 11.9 Å². The van der Waals surface area contributed by atoms with Gasteiger partial charge in [-0.25, -0.2) is 9.59 Å². The second kappa shape index (κ2) is 20.2. The summed E-state index contributed by atoms with van der Waals surface area (Å²) in [4.78, 5) is 56.7. The number of carbonyl (C=O) groups is 4. The lowest BCUT2D eigenvalue weighted by Gasteiger charge is -2.16. The van der Waals surface area contributed by atoms with E-state index in [0.29, 0.717) is 6.42 Å². The van der Waals surface area contributed by atoms with Gasteiger partial charge in [-0.1, -0.05) is 71.1 Å². The van der Waals surface area contributed by atoms with Crippen LogP contribution >= 0.6 is 0 Å². The Kier molecular flexibility index (Phi) is 18.7. The lowest BCUT2D eigenvalue weighted by atomic mass is 10.0. The number of carbonyl (C=O) groups excluding carboxylic acids is 3. The van der Waals surface area contributed by atoms with Gasteiger partial charge in [-0.05, 0) is 19.3 Å². The molecule has 0 unspecified atom stereocenters. The van der Waals surface area contributed by atoms with Crippen LogP contribution in [-0.2, 0) is 24.0 Å². The molecule has 0 rings (SSSR count). The van der Waals surface area contributed by atoms with Crippen molar-refractivity contribution < 1.29 is 34.2 Å². The molecule has 0 fully saturated rings. The molecule has 9 nitrogen and oxygen atoms in total. The summed E-state index contributed by atoms with van der Waals surface area (Å²) in [5.74, 6) is -3.56. The van der Waals surface area contributed by atoms with E-state index in [9.17, 15) is 29.1 Å². The summed E-state index contributed by atoms with van der Waals surface area (Å²) in [6.45, 7) is 2.21. The summed E-state index contributed by atoms with van der Waals surface area (Å²) in [7, 11) is 0. The summed E-state index contributed by atoms with van der Waals surface area (Å²) in [6, 6.07) is -2.46. The molecule has 0 spiro atoms. The topological polar surface area (TPSA) is 150 Å². The van der Waals surface area contributed by atoms with Gasteiger partial charge < -0.3 is 20.8 Å². The SMILES string of the molecule is CCCCCCCCCCCCCC(=O)N[C@@H](CCC(=O)N[C@@H](CC[C]=O)C(=O)O)C(=O)O. The fourth-order valence-corrected chi connectivity index (χ4v) is 3.48. The first-order chi connectivity index (χ1) is 15.8. The normalized spacial score (nSPS) is 12.5. The molecular weight excluding hydrogens is 428 g/mol. The van der Waals surface area contributed by atoms with E-state index in [-0.39, 0.29) is 38.0 Å². The molecule has 0 saturated heterocycles. The van der Waals surface area contributed by atoms with Crippen molar-refractivity contribution in [3.8, 4) is 0 Å². The van der Waals surface area contributed by atoms with Gasteiger partial charge in [0.15, 0.2) is 6.29 Å². The average Bonchev–Trinajstić information content (AvgIpc) is 2.77. The zero-order valence-corrected chi connectivity index (χ0v) is 19.9. The van der Waals surface area contributed by atoms with Gasteiger partial charge in [0.25, 0.3) is 0 Å². The Labute approximate surface area is 197 Å². The van der Waals surface area contributed by atoms with Gasteiger partial charge in [0.1, 0.15) is 12.1 Å². The smallest absolute Gasteiger partial charge is 0.326 e. The van der Waals surface area contributed by atoms with E-state index in [1.54, 1.807) is 6.29 Å². The number of carboxylic acid groups (broad SMARTS) is 2. The monoisotopic (exact) mass is 469 g/mol. The number of aliphatic carboxylic acids is 2. The molecule has 2 atom stereocenters. The second-order valence-electron chi connectivity index (χ2n) is 8.42. The molecule has 0 aromatic carbocycles. The molecule has 0 aliphatic heterocycles. The molecule has 0 aromatic rings. The fraction of sp³-hybridized carbons (Fsp3) is 0.792. The lowest BCUT2D eigenvalue weighted by molar-refractivity contribution is -0.143. The van der Waals surface area contributed by atoms with Crippen molar-refractivity contribution in [2.75, 3.05) is 0 Å². The fourth-order valence-electron chi connectivity index (χ4n) is 3.48. The zero-order chi connectivity index (χ0) is 24.9. The lowest BCUT2D eigenvalue weighted by Crippen LogP contribution is -2.43. The van der Waals surface area contributed by atoms with Gasteiger partial charge in [-0.2, -0.15) is 0 Å². The molecule has 189 valence electrons. The standard InChI is InChI=1S/C24H41N2O7/c1-2-3-4-5-6-7-8-9-10-11-12-15-21(28)26-20(24(32)33)16-17-22(29)25-19(23(30)31)14-13-18-27/h19-20H,2-17H2,1H3,(H,25,29)(H,26,28)(H,30,31)(H,32,33)/t19-,20-/m0/s1. The van der Waals surface area contributed by atoms with Crippen molar-refractivity contribution >= 4 is 30.0 Å². The molecule has 0 saturated carbocycles. The first kappa shape index (κ1) is 30.6. The predicted octanol–water partition coefficient (Wildman–Crippen LogP) is 3.50. The Morgan fingerprint density at radius 2 is 1.09 bits per heavy atom. The highest BCUT2D eigenvalue weighted by atomic mass is 16.4. The van der Waals surface area contributed by atoms with Crippen LogP contribution in [0.25, 0.3) is 0 Å². The Balaban J connectivity index is 4.05. The van der Waals surface area contributed by atoms with Gasteiger partial charge in [-0.3, -0.25) is 14.4 Å². The minimum absolute atomic E-state index is 0.0946. The number of unbranched alkanes of at least 4 members (excludes halogenated alkanes) is 10. The first-order valence-corrected chi connectivity index (χ1v) is 12.2. The van der Waals surface area contributed by atoms with Crippen LogP contribution in [0, 0.1) is 0 Å². The van der Waals surface area contributed by atoms with Crippen molar-refractivity contribution in [1.82, 2.24) is 10.6 Å². The van der Waals surface area contributed by atoms with Crippen molar-refractivity contribution in [2.45, 2.75) is 122 Å². The van der Waals surface area contributed by atoms with E-state index in [0.717, 1.165) is 19.3 Å². The largest absolute Gasteiger partial charge is 0.480 e. The Morgan fingerprint density at radius 1 is 0.667 bits per heavy atom. The minimum Gasteiger partial charge on any atom is -0.480 e. The Morgan fingerprint density at radius 3 is 1.55 bits per heavy atom. The molecule has 0 aliphatic rings. The van der Waals surface area contributed by atoms with Crippen LogP contribution in [0.4, 0.5) is 0 Å². The maximum Gasteiger partial charge on any atom is 0.326 e. The van der Waals surface area contributed by atoms with Crippen LogP contribution in [-0.4, -0.2) is 52.3 Å². The average molecular weight is 470 g/mol. The summed E-state index contributed by atoms with van der Waals surface area (Å²) in [5.41, 5.74) is 0. The third kappa shape index (κ3) is 17.7. The van der Waals surface area contributed by atoms with E-state index in [4.69, 9.17) is 5.11 Å². The van der Waals surface area contributed by atoms with Crippen LogP contribution < -0.4 is 10.6 Å². The molecule has 2 amide bonds. The van der Waals surface area contributed by atoms with Crippen LogP contribution in [0.1, 0.15) is 110 Å². The minimum atomic E-state index is -1.28. The summed E-state index contributed by atoms with van der Waals surface area (Å²) in [6.07, 6.45) is 13.9. The van der Waals surface area contributed by atoms with Crippen molar-refractivity contribution in [3.05, 3.63) is 0 Å². The van der Waals surface area contributed by atoms with Crippen molar-refractivity contribution in [3.63, 3.8) is 0 Å². The Bertz CT molecular complexity index is 595. The molecular formula is C24H41N2O7. The highest BCUT2D eigenvalue weighted by Crippen LogP contribution is 2.12. The number of hydrogen-bond donors (Lipinski definition) is 4. The maximum atomic E-state index is 12.1. The molecule has 4 N–H and O–H groups in total. The summed E-state index contributed by atoms with van der Waals surface area (Å²) in [5, 5.41) is 23.0. The quantitative estimate of drug-likeness (QED) is 0.177. The molecule has 1 radical (unpaired) electrons. The third-order valence-corrected chi connectivity index (χ3v) is 5.47. The van der Waals surface area contributed by atoms with Crippen LogP contribution in [0.3, 0.4) is 0 Å². The Hall–Kier alpha value is -2.45. The molecule has 0 aliphatic carbocycles. The van der Waals surface area contributed by atoms with E-state index < -0.39 is 29.9 Å². The number of carboxylic acids is 2. The maximum absolute atomic E-state index is 12.1. The predicted molar refractivity (Wildman–Crippen MR) is 124 cm³/mol. The molecule has 33 heavy (non-hydrogen) atoms. The van der Waals surface area contributed by atoms with E-state index in [1.807, 2.05) is 0 Å². The highest BCUT2D eigenvalue weighted by Gasteiger charge is 2.23. The van der Waals surface area contributed by atoms with Crippen LogP contribution in [0.15, 0.2) is 0 Å². The van der Waals surface area contributed by atoms with Gasteiger partial charge in [-0.15, -0.1) is 0 Å². The molecule has 0 aromatic heterocycles. The van der Waals surface area contributed by atoms with Gasteiger partial charge in [0, 0.05) is 19.3 Å². The first-order valence-electron chi connectivity index (χ1n) is 12.2. The van der Waals surface area contributed by atoms with Gasteiger partial charge in [0.2, 0.25) is 11.8 Å². The highest BCUT2D eigenvalue weighted by molar-refractivity contribution is 5.86.